The van der Waals surface area contributed by atoms with Crippen molar-refractivity contribution in [2.45, 2.75) is 40.7 Å². The van der Waals surface area contributed by atoms with E-state index in [2.05, 4.69) is 44.0 Å². The number of morpholine rings is 1. The number of allylic oxidation sites excluding steroid dienone is 2. The Bertz CT molecular complexity index is 631. The lowest BCUT2D eigenvalue weighted by Crippen LogP contribution is -2.43. The zero-order chi connectivity index (χ0) is 16.8. The summed E-state index contributed by atoms with van der Waals surface area (Å²) in [5.74, 6) is 1.56. The second kappa shape index (κ2) is 5.74. The fourth-order valence-electron chi connectivity index (χ4n) is 3.46. The quantitative estimate of drug-likeness (QED) is 0.801. The molecule has 3 unspecified atom stereocenters. The highest BCUT2D eigenvalue weighted by Gasteiger charge is 2.61. The van der Waals surface area contributed by atoms with Crippen LogP contribution in [0.3, 0.4) is 0 Å². The minimum atomic E-state index is -0.322. The maximum atomic E-state index is 12.9. The smallest absolute Gasteiger partial charge is 0.246 e. The Kier molecular flexibility index (Phi) is 4.04. The molecule has 1 saturated heterocycles. The molecule has 3 atom stereocenters. The van der Waals surface area contributed by atoms with Crippen molar-refractivity contribution in [1.29, 1.82) is 0 Å². The van der Waals surface area contributed by atoms with Gasteiger partial charge in [-0.1, -0.05) is 25.5 Å². The van der Waals surface area contributed by atoms with E-state index in [1.54, 1.807) is 6.92 Å². The average Bonchev–Trinajstić information content (AvgIpc) is 2.84. The van der Waals surface area contributed by atoms with Crippen LogP contribution in [0, 0.1) is 24.2 Å². The predicted octanol–water partition coefficient (Wildman–Crippen LogP) is 2.52. The van der Waals surface area contributed by atoms with Gasteiger partial charge in [0.1, 0.15) is 0 Å². The van der Waals surface area contributed by atoms with E-state index in [9.17, 15) is 4.79 Å². The first-order chi connectivity index (χ1) is 10.8. The summed E-state index contributed by atoms with van der Waals surface area (Å²) in [6.45, 7) is 11.8. The van der Waals surface area contributed by atoms with Crippen LogP contribution >= 0.6 is 0 Å². The van der Waals surface area contributed by atoms with Crippen molar-refractivity contribution >= 4 is 5.91 Å². The molecule has 1 saturated carbocycles. The van der Waals surface area contributed by atoms with Crippen molar-refractivity contribution in [3.05, 3.63) is 23.4 Å². The molecule has 0 radical (unpaired) electrons. The minimum Gasteiger partial charge on any atom is -0.423 e. The molecular formula is C17H25N3O3. The molecule has 0 aromatic carbocycles. The third-order valence-corrected chi connectivity index (χ3v) is 4.88. The number of carbonyl (C=O) groups excluding carboxylic acids is 1. The van der Waals surface area contributed by atoms with Crippen molar-refractivity contribution in [3.8, 4) is 0 Å². The first kappa shape index (κ1) is 16.2. The lowest BCUT2D eigenvalue weighted by Gasteiger charge is -2.31. The molecule has 0 bridgehead atoms. The SMILES string of the molecule is CC(C)=CC1C(C(=O)N2CCOC(c3nnc(C)o3)C2)C1(C)C. The molecule has 0 spiro atoms. The average molecular weight is 319 g/mol. The Morgan fingerprint density at radius 2 is 2.09 bits per heavy atom. The van der Waals surface area contributed by atoms with E-state index in [-0.39, 0.29) is 23.3 Å². The Labute approximate surface area is 136 Å². The van der Waals surface area contributed by atoms with E-state index >= 15 is 0 Å². The van der Waals surface area contributed by atoms with Crippen LogP contribution < -0.4 is 0 Å². The molecule has 2 fully saturated rings. The van der Waals surface area contributed by atoms with Crippen LogP contribution in [-0.2, 0) is 9.53 Å². The van der Waals surface area contributed by atoms with Crippen LogP contribution in [0.4, 0.5) is 0 Å². The molecule has 1 aromatic heterocycles. The Morgan fingerprint density at radius 1 is 1.35 bits per heavy atom. The molecule has 126 valence electrons. The van der Waals surface area contributed by atoms with Gasteiger partial charge in [0, 0.05) is 13.5 Å². The summed E-state index contributed by atoms with van der Waals surface area (Å²) in [5, 5.41) is 7.86. The maximum absolute atomic E-state index is 12.9. The van der Waals surface area contributed by atoms with Gasteiger partial charge >= 0.3 is 0 Å². The molecule has 1 aliphatic heterocycles. The number of aryl methyl sites for hydroxylation is 1. The van der Waals surface area contributed by atoms with E-state index in [1.807, 2.05) is 4.90 Å². The van der Waals surface area contributed by atoms with E-state index in [0.29, 0.717) is 37.4 Å². The normalized spacial score (nSPS) is 29.3. The van der Waals surface area contributed by atoms with Crippen molar-refractivity contribution in [2.24, 2.45) is 17.3 Å². The Balaban J connectivity index is 1.69. The zero-order valence-corrected chi connectivity index (χ0v) is 14.5. The maximum Gasteiger partial charge on any atom is 0.246 e. The van der Waals surface area contributed by atoms with Crippen molar-refractivity contribution < 1.29 is 13.9 Å². The molecule has 2 aliphatic rings. The highest BCUT2D eigenvalue weighted by atomic mass is 16.5. The summed E-state index contributed by atoms with van der Waals surface area (Å²) in [4.78, 5) is 14.8. The monoisotopic (exact) mass is 319 g/mol. The highest BCUT2D eigenvalue weighted by Crippen LogP contribution is 2.60. The number of ether oxygens (including phenoxy) is 1. The van der Waals surface area contributed by atoms with E-state index < -0.39 is 0 Å². The summed E-state index contributed by atoms with van der Waals surface area (Å²) >= 11 is 0. The van der Waals surface area contributed by atoms with Gasteiger partial charge in [0.05, 0.1) is 19.1 Å². The third-order valence-electron chi connectivity index (χ3n) is 4.88. The molecule has 6 heteroatoms. The second-order valence-corrected chi connectivity index (χ2v) is 7.37. The zero-order valence-electron chi connectivity index (χ0n) is 14.5. The lowest BCUT2D eigenvalue weighted by atomic mass is 10.1. The van der Waals surface area contributed by atoms with Gasteiger partial charge < -0.3 is 14.1 Å². The van der Waals surface area contributed by atoms with Crippen molar-refractivity contribution in [2.75, 3.05) is 19.7 Å². The number of hydrogen-bond acceptors (Lipinski definition) is 5. The summed E-state index contributed by atoms with van der Waals surface area (Å²) in [7, 11) is 0. The molecule has 23 heavy (non-hydrogen) atoms. The molecule has 6 nitrogen and oxygen atoms in total. The fraction of sp³-hybridized carbons (Fsp3) is 0.706. The number of amides is 1. The number of carbonyl (C=O) groups is 1. The summed E-state index contributed by atoms with van der Waals surface area (Å²) in [6.07, 6.45) is 1.90. The van der Waals surface area contributed by atoms with Crippen LogP contribution in [0.25, 0.3) is 0 Å². The van der Waals surface area contributed by atoms with E-state index in [4.69, 9.17) is 9.15 Å². The van der Waals surface area contributed by atoms with Crippen molar-refractivity contribution in [3.63, 3.8) is 0 Å². The van der Waals surface area contributed by atoms with Gasteiger partial charge in [-0.3, -0.25) is 4.79 Å². The largest absolute Gasteiger partial charge is 0.423 e. The third kappa shape index (κ3) is 3.04. The minimum absolute atomic E-state index is 0.0310. The highest BCUT2D eigenvalue weighted by molar-refractivity contribution is 5.84. The molecule has 0 N–H and O–H groups in total. The molecular weight excluding hydrogens is 294 g/mol. The number of aromatic nitrogens is 2. The Morgan fingerprint density at radius 3 is 2.70 bits per heavy atom. The van der Waals surface area contributed by atoms with Gasteiger partial charge in [0.15, 0.2) is 6.10 Å². The van der Waals surface area contributed by atoms with Gasteiger partial charge in [0.25, 0.3) is 0 Å². The summed E-state index contributed by atoms with van der Waals surface area (Å²) < 4.78 is 11.1. The van der Waals surface area contributed by atoms with Crippen LogP contribution in [0.5, 0.6) is 0 Å². The summed E-state index contributed by atoms with van der Waals surface area (Å²) in [6, 6.07) is 0. The van der Waals surface area contributed by atoms with Gasteiger partial charge in [-0.15, -0.1) is 10.2 Å². The molecule has 1 aliphatic carbocycles. The lowest BCUT2D eigenvalue weighted by molar-refractivity contribution is -0.142. The number of rotatable bonds is 3. The van der Waals surface area contributed by atoms with E-state index in [0.717, 1.165) is 0 Å². The standard InChI is InChI=1S/C17H25N3O3/c1-10(2)8-12-14(17(12,4)5)16(21)20-6-7-22-13(9-20)15-19-18-11(3)23-15/h8,12-14H,6-7,9H2,1-5H3. The van der Waals surface area contributed by atoms with Gasteiger partial charge in [0.2, 0.25) is 17.7 Å². The Hall–Kier alpha value is -1.69. The van der Waals surface area contributed by atoms with Gasteiger partial charge in [-0.05, 0) is 25.2 Å². The molecule has 1 aromatic rings. The van der Waals surface area contributed by atoms with Gasteiger partial charge in [-0.2, -0.15) is 0 Å². The molecule has 1 amide bonds. The van der Waals surface area contributed by atoms with Crippen molar-refractivity contribution in [1.82, 2.24) is 15.1 Å². The molecule has 3 rings (SSSR count). The van der Waals surface area contributed by atoms with Crippen LogP contribution in [-0.4, -0.2) is 40.7 Å². The summed E-state index contributed by atoms with van der Waals surface area (Å²) in [5.41, 5.74) is 1.29. The van der Waals surface area contributed by atoms with E-state index in [1.165, 1.54) is 5.57 Å². The number of hydrogen-bond donors (Lipinski definition) is 0. The number of nitrogens with zero attached hydrogens (tertiary/aromatic N) is 3. The first-order valence-electron chi connectivity index (χ1n) is 8.16. The van der Waals surface area contributed by atoms with Crippen LogP contribution in [0.2, 0.25) is 0 Å². The van der Waals surface area contributed by atoms with Crippen LogP contribution in [0.1, 0.15) is 45.6 Å². The first-order valence-corrected chi connectivity index (χ1v) is 8.16. The fourth-order valence-corrected chi connectivity index (χ4v) is 3.46. The van der Waals surface area contributed by atoms with Crippen LogP contribution in [0.15, 0.2) is 16.1 Å². The predicted molar refractivity (Wildman–Crippen MR) is 84.5 cm³/mol. The topological polar surface area (TPSA) is 68.5 Å². The second-order valence-electron chi connectivity index (χ2n) is 7.37. The molecule has 2 heterocycles. The van der Waals surface area contributed by atoms with Gasteiger partial charge in [-0.25, -0.2) is 0 Å².